The molecule has 1 aliphatic heterocycles. The summed E-state index contributed by atoms with van der Waals surface area (Å²) in [6, 6.07) is 5.36. The molecule has 3 rings (SSSR count). The molecule has 1 saturated heterocycles. The quantitative estimate of drug-likeness (QED) is 0.930. The molecule has 1 atom stereocenters. The number of nitrogens with one attached hydrogen (secondary N) is 1. The zero-order valence-electron chi connectivity index (χ0n) is 12.7. The Labute approximate surface area is 137 Å². The van der Waals surface area contributed by atoms with E-state index in [1.807, 2.05) is 13.0 Å². The number of amides is 2. The highest BCUT2D eigenvalue weighted by Crippen LogP contribution is 2.30. The minimum atomic E-state index is -0.461. The summed E-state index contributed by atoms with van der Waals surface area (Å²) < 4.78 is 4.54. The lowest BCUT2D eigenvalue weighted by atomic mass is 10.1. The van der Waals surface area contributed by atoms with Gasteiger partial charge in [0, 0.05) is 23.7 Å². The van der Waals surface area contributed by atoms with E-state index in [2.05, 4.69) is 20.3 Å². The molecule has 0 unspecified atom stereocenters. The Morgan fingerprint density at radius 2 is 2.17 bits per heavy atom. The van der Waals surface area contributed by atoms with Crippen LogP contribution in [0, 0.1) is 19.8 Å². The number of benzene rings is 1. The van der Waals surface area contributed by atoms with Gasteiger partial charge in [0.25, 0.3) is 0 Å². The highest BCUT2D eigenvalue weighted by Gasteiger charge is 2.36. The highest BCUT2D eigenvalue weighted by atomic mass is 35.5. The number of carbonyl (C=O) groups excluding carboxylic acids is 2. The summed E-state index contributed by atoms with van der Waals surface area (Å²) in [5.74, 6) is -0.568. The molecule has 0 spiro atoms. The molecule has 0 saturated carbocycles. The van der Waals surface area contributed by atoms with E-state index in [-0.39, 0.29) is 24.1 Å². The number of rotatable bonds is 3. The number of halogens is 1. The van der Waals surface area contributed by atoms with E-state index < -0.39 is 5.92 Å². The Morgan fingerprint density at radius 1 is 1.39 bits per heavy atom. The molecule has 1 aliphatic rings. The Hall–Kier alpha value is -2.41. The van der Waals surface area contributed by atoms with Crippen molar-refractivity contribution in [2.45, 2.75) is 20.3 Å². The Balaban J connectivity index is 1.76. The van der Waals surface area contributed by atoms with E-state index in [1.165, 1.54) is 0 Å². The zero-order valence-corrected chi connectivity index (χ0v) is 13.4. The lowest BCUT2D eigenvalue weighted by Gasteiger charge is -2.19. The summed E-state index contributed by atoms with van der Waals surface area (Å²) in [6.45, 7) is 3.88. The fourth-order valence-corrected chi connectivity index (χ4v) is 2.72. The molecule has 120 valence electrons. The van der Waals surface area contributed by atoms with Crippen molar-refractivity contribution in [1.82, 2.24) is 10.3 Å². The SMILES string of the molecule is Cc1ccc(Cl)cc1N1C[C@H](C(=O)Nc2nonc2C)CC1=O. The fraction of sp³-hybridized carbons (Fsp3) is 0.333. The van der Waals surface area contributed by atoms with E-state index >= 15 is 0 Å². The molecule has 1 fully saturated rings. The van der Waals surface area contributed by atoms with Crippen LogP contribution >= 0.6 is 11.6 Å². The largest absolute Gasteiger partial charge is 0.311 e. The van der Waals surface area contributed by atoms with E-state index in [1.54, 1.807) is 24.0 Å². The van der Waals surface area contributed by atoms with Crippen molar-refractivity contribution in [2.75, 3.05) is 16.8 Å². The van der Waals surface area contributed by atoms with Crippen LogP contribution in [0.4, 0.5) is 11.5 Å². The molecule has 23 heavy (non-hydrogen) atoms. The second kappa shape index (κ2) is 6.00. The molecule has 8 heteroatoms. The second-order valence-corrected chi connectivity index (χ2v) is 5.96. The highest BCUT2D eigenvalue weighted by molar-refractivity contribution is 6.31. The zero-order chi connectivity index (χ0) is 16.6. The topological polar surface area (TPSA) is 88.3 Å². The molecule has 1 aromatic heterocycles. The molecule has 2 heterocycles. The average Bonchev–Trinajstić information content (AvgIpc) is 3.08. The van der Waals surface area contributed by atoms with Crippen molar-refractivity contribution in [3.05, 3.63) is 34.5 Å². The maximum Gasteiger partial charge on any atom is 0.231 e. The van der Waals surface area contributed by atoms with Gasteiger partial charge in [-0.15, -0.1) is 0 Å². The first-order valence-corrected chi connectivity index (χ1v) is 7.50. The third kappa shape index (κ3) is 3.05. The first-order chi connectivity index (χ1) is 11.0. The molecule has 7 nitrogen and oxygen atoms in total. The van der Waals surface area contributed by atoms with Gasteiger partial charge in [-0.25, -0.2) is 4.63 Å². The fourth-order valence-electron chi connectivity index (χ4n) is 2.55. The van der Waals surface area contributed by atoms with Crippen molar-refractivity contribution in [3.63, 3.8) is 0 Å². The number of aromatic nitrogens is 2. The van der Waals surface area contributed by atoms with Crippen molar-refractivity contribution in [3.8, 4) is 0 Å². The molecular weight excluding hydrogens is 320 g/mol. The van der Waals surface area contributed by atoms with Gasteiger partial charge in [0.1, 0.15) is 5.69 Å². The lowest BCUT2D eigenvalue weighted by molar-refractivity contribution is -0.122. The van der Waals surface area contributed by atoms with Crippen LogP contribution in [0.5, 0.6) is 0 Å². The summed E-state index contributed by atoms with van der Waals surface area (Å²) in [6.07, 6.45) is 0.141. The number of hydrogen-bond donors (Lipinski definition) is 1. The Kier molecular flexibility index (Phi) is 4.04. The van der Waals surface area contributed by atoms with Gasteiger partial charge in [-0.2, -0.15) is 0 Å². The number of aryl methyl sites for hydroxylation is 2. The Bertz CT molecular complexity index is 774. The smallest absolute Gasteiger partial charge is 0.231 e. The van der Waals surface area contributed by atoms with Crippen LogP contribution in [-0.4, -0.2) is 28.7 Å². The summed E-state index contributed by atoms with van der Waals surface area (Å²) >= 11 is 6.01. The molecule has 2 aromatic rings. The third-order valence-corrected chi connectivity index (χ3v) is 4.09. The van der Waals surface area contributed by atoms with Crippen LogP contribution < -0.4 is 10.2 Å². The number of nitrogens with zero attached hydrogens (tertiary/aromatic N) is 3. The lowest BCUT2D eigenvalue weighted by Crippen LogP contribution is -2.28. The van der Waals surface area contributed by atoms with Crippen LogP contribution in [-0.2, 0) is 9.59 Å². The monoisotopic (exact) mass is 334 g/mol. The van der Waals surface area contributed by atoms with Crippen LogP contribution in [0.3, 0.4) is 0 Å². The normalized spacial score (nSPS) is 17.6. The van der Waals surface area contributed by atoms with Gasteiger partial charge in [0.15, 0.2) is 5.82 Å². The van der Waals surface area contributed by atoms with Crippen LogP contribution in [0.2, 0.25) is 5.02 Å². The van der Waals surface area contributed by atoms with Gasteiger partial charge in [0.2, 0.25) is 11.8 Å². The van der Waals surface area contributed by atoms with Gasteiger partial charge in [-0.3, -0.25) is 9.59 Å². The van der Waals surface area contributed by atoms with Gasteiger partial charge in [-0.1, -0.05) is 22.8 Å². The van der Waals surface area contributed by atoms with Crippen molar-refractivity contribution in [1.29, 1.82) is 0 Å². The summed E-state index contributed by atoms with van der Waals surface area (Å²) in [5.41, 5.74) is 2.16. The number of anilines is 2. The van der Waals surface area contributed by atoms with E-state index in [4.69, 9.17) is 11.6 Å². The molecule has 0 aliphatic carbocycles. The van der Waals surface area contributed by atoms with E-state index in [9.17, 15) is 9.59 Å². The second-order valence-electron chi connectivity index (χ2n) is 5.52. The van der Waals surface area contributed by atoms with Crippen molar-refractivity contribution >= 4 is 34.9 Å². The summed E-state index contributed by atoms with van der Waals surface area (Å²) in [7, 11) is 0. The number of carbonyl (C=O) groups is 2. The molecule has 0 bridgehead atoms. The van der Waals surface area contributed by atoms with Crippen LogP contribution in [0.15, 0.2) is 22.8 Å². The van der Waals surface area contributed by atoms with Gasteiger partial charge in [-0.05, 0) is 36.7 Å². The number of hydrogen-bond acceptors (Lipinski definition) is 5. The molecule has 2 amide bonds. The summed E-state index contributed by atoms with van der Waals surface area (Å²) in [4.78, 5) is 26.2. The predicted molar refractivity (Wildman–Crippen MR) is 84.3 cm³/mol. The standard InChI is InChI=1S/C15H15ClN4O3/c1-8-3-4-11(16)6-12(8)20-7-10(5-13(20)21)15(22)17-14-9(2)18-23-19-14/h3-4,6,10H,5,7H2,1-2H3,(H,17,19,22)/t10-/m1/s1. The first kappa shape index (κ1) is 15.5. The van der Waals surface area contributed by atoms with Crippen LogP contribution in [0.1, 0.15) is 17.7 Å². The molecule has 1 N–H and O–H groups in total. The third-order valence-electron chi connectivity index (χ3n) is 3.85. The maximum atomic E-state index is 12.3. The summed E-state index contributed by atoms with van der Waals surface area (Å²) in [5, 5.41) is 10.4. The van der Waals surface area contributed by atoms with Crippen LogP contribution in [0.25, 0.3) is 0 Å². The minimum absolute atomic E-state index is 0.106. The first-order valence-electron chi connectivity index (χ1n) is 7.12. The van der Waals surface area contributed by atoms with Gasteiger partial charge in [0.05, 0.1) is 5.92 Å². The predicted octanol–water partition coefficient (Wildman–Crippen LogP) is 2.33. The molecule has 1 aromatic carbocycles. The van der Waals surface area contributed by atoms with Gasteiger partial charge < -0.3 is 10.2 Å². The maximum absolute atomic E-state index is 12.3. The average molecular weight is 335 g/mol. The Morgan fingerprint density at radius 3 is 2.87 bits per heavy atom. The van der Waals surface area contributed by atoms with Gasteiger partial charge >= 0.3 is 0 Å². The van der Waals surface area contributed by atoms with Crippen molar-refractivity contribution < 1.29 is 14.2 Å². The van der Waals surface area contributed by atoms with E-state index in [0.717, 1.165) is 11.3 Å². The van der Waals surface area contributed by atoms with E-state index in [0.29, 0.717) is 17.3 Å². The minimum Gasteiger partial charge on any atom is -0.311 e. The molecular formula is C15H15ClN4O3. The van der Waals surface area contributed by atoms with Crippen molar-refractivity contribution in [2.24, 2.45) is 5.92 Å². The molecule has 0 radical (unpaired) electrons.